The molecule has 0 spiro atoms. The molecule has 0 fully saturated rings. The molecule has 0 radical (unpaired) electrons. The van der Waals surface area contributed by atoms with Gasteiger partial charge in [-0.05, 0) is 43.8 Å². The summed E-state index contributed by atoms with van der Waals surface area (Å²) in [6.07, 6.45) is 2.93. The highest BCUT2D eigenvalue weighted by atomic mass is 32.1. The Bertz CT molecular complexity index is 478. The molecule has 0 saturated carbocycles. The SMILES string of the molecule is CCCNCc1ccc(CN(CC)Cc2ccco2)s1. The van der Waals surface area contributed by atoms with E-state index >= 15 is 0 Å². The summed E-state index contributed by atoms with van der Waals surface area (Å²) in [6, 6.07) is 8.48. The van der Waals surface area contributed by atoms with Crippen LogP contribution in [0.15, 0.2) is 34.9 Å². The van der Waals surface area contributed by atoms with Gasteiger partial charge in [0.15, 0.2) is 0 Å². The van der Waals surface area contributed by atoms with Gasteiger partial charge >= 0.3 is 0 Å². The summed E-state index contributed by atoms with van der Waals surface area (Å²) in [5, 5.41) is 3.45. The second-order valence-electron chi connectivity index (χ2n) is 4.93. The van der Waals surface area contributed by atoms with Crippen LogP contribution in [-0.4, -0.2) is 18.0 Å². The summed E-state index contributed by atoms with van der Waals surface area (Å²) in [4.78, 5) is 5.24. The van der Waals surface area contributed by atoms with E-state index in [-0.39, 0.29) is 0 Å². The van der Waals surface area contributed by atoms with E-state index < -0.39 is 0 Å². The summed E-state index contributed by atoms with van der Waals surface area (Å²) in [5.74, 6) is 1.04. The molecule has 0 saturated heterocycles. The second kappa shape index (κ2) is 8.25. The van der Waals surface area contributed by atoms with Crippen molar-refractivity contribution in [1.82, 2.24) is 10.2 Å². The highest BCUT2D eigenvalue weighted by Gasteiger charge is 2.08. The van der Waals surface area contributed by atoms with Gasteiger partial charge in [0.1, 0.15) is 5.76 Å². The predicted molar refractivity (Wildman–Crippen MR) is 84.8 cm³/mol. The van der Waals surface area contributed by atoms with Gasteiger partial charge < -0.3 is 9.73 Å². The molecule has 0 unspecified atom stereocenters. The van der Waals surface area contributed by atoms with Gasteiger partial charge in [-0.2, -0.15) is 0 Å². The lowest BCUT2D eigenvalue weighted by Crippen LogP contribution is -2.21. The minimum absolute atomic E-state index is 0.880. The van der Waals surface area contributed by atoms with Crippen LogP contribution in [0.2, 0.25) is 0 Å². The highest BCUT2D eigenvalue weighted by Crippen LogP contribution is 2.19. The molecule has 0 aliphatic rings. The zero-order valence-electron chi connectivity index (χ0n) is 12.4. The lowest BCUT2D eigenvalue weighted by Gasteiger charge is -2.17. The third kappa shape index (κ3) is 4.78. The zero-order chi connectivity index (χ0) is 14.2. The molecule has 0 aromatic carbocycles. The molecule has 0 aliphatic carbocycles. The minimum Gasteiger partial charge on any atom is -0.468 e. The molecule has 2 heterocycles. The van der Waals surface area contributed by atoms with Gasteiger partial charge in [0, 0.05) is 22.8 Å². The van der Waals surface area contributed by atoms with Crippen LogP contribution in [0.4, 0.5) is 0 Å². The van der Waals surface area contributed by atoms with Crippen molar-refractivity contribution in [1.29, 1.82) is 0 Å². The molecule has 4 heteroatoms. The molecule has 1 N–H and O–H groups in total. The van der Waals surface area contributed by atoms with Crippen LogP contribution in [0.1, 0.15) is 35.8 Å². The summed E-state index contributed by atoms with van der Waals surface area (Å²) < 4.78 is 5.43. The van der Waals surface area contributed by atoms with Crippen LogP contribution >= 0.6 is 11.3 Å². The average Bonchev–Trinajstić information content (AvgIpc) is 3.10. The van der Waals surface area contributed by atoms with Gasteiger partial charge in [-0.25, -0.2) is 0 Å². The summed E-state index contributed by atoms with van der Waals surface area (Å²) >= 11 is 1.90. The molecule has 2 aromatic rings. The quantitative estimate of drug-likeness (QED) is 0.711. The molecule has 0 aliphatic heterocycles. The van der Waals surface area contributed by atoms with Crippen molar-refractivity contribution in [2.45, 2.75) is 39.9 Å². The van der Waals surface area contributed by atoms with Crippen LogP contribution in [0.25, 0.3) is 0 Å². The maximum absolute atomic E-state index is 5.43. The maximum Gasteiger partial charge on any atom is 0.117 e. The Morgan fingerprint density at radius 2 is 2.00 bits per heavy atom. The minimum atomic E-state index is 0.880. The van der Waals surface area contributed by atoms with Gasteiger partial charge in [-0.3, -0.25) is 4.90 Å². The van der Waals surface area contributed by atoms with Crippen molar-refractivity contribution >= 4 is 11.3 Å². The molecular formula is C16H24N2OS. The fourth-order valence-electron chi connectivity index (χ4n) is 2.11. The highest BCUT2D eigenvalue weighted by molar-refractivity contribution is 7.11. The van der Waals surface area contributed by atoms with Crippen LogP contribution in [0, 0.1) is 0 Å². The largest absolute Gasteiger partial charge is 0.468 e. The fourth-order valence-corrected chi connectivity index (χ4v) is 3.14. The van der Waals surface area contributed by atoms with Gasteiger partial charge in [0.25, 0.3) is 0 Å². The van der Waals surface area contributed by atoms with Crippen molar-refractivity contribution in [3.05, 3.63) is 46.0 Å². The van der Waals surface area contributed by atoms with Crippen molar-refractivity contribution in [2.75, 3.05) is 13.1 Å². The van der Waals surface area contributed by atoms with Gasteiger partial charge in [-0.1, -0.05) is 13.8 Å². The normalized spacial score (nSPS) is 11.3. The summed E-state index contributed by atoms with van der Waals surface area (Å²) in [6.45, 7) is 9.37. The molecule has 0 bridgehead atoms. The van der Waals surface area contributed by atoms with E-state index in [1.807, 2.05) is 23.5 Å². The second-order valence-corrected chi connectivity index (χ2v) is 6.18. The lowest BCUT2D eigenvalue weighted by molar-refractivity contribution is 0.250. The first kappa shape index (κ1) is 15.3. The van der Waals surface area contributed by atoms with Crippen molar-refractivity contribution < 1.29 is 4.42 Å². The monoisotopic (exact) mass is 292 g/mol. The molecule has 0 amide bonds. The first-order valence-electron chi connectivity index (χ1n) is 7.34. The van der Waals surface area contributed by atoms with Crippen molar-refractivity contribution in [3.8, 4) is 0 Å². The molecule has 20 heavy (non-hydrogen) atoms. The predicted octanol–water partition coefficient (Wildman–Crippen LogP) is 3.86. The molecule has 2 rings (SSSR count). The zero-order valence-corrected chi connectivity index (χ0v) is 13.2. The first-order chi connectivity index (χ1) is 9.81. The Morgan fingerprint density at radius 3 is 2.70 bits per heavy atom. The number of rotatable bonds is 9. The molecule has 0 atom stereocenters. The number of hydrogen-bond acceptors (Lipinski definition) is 4. The Hall–Kier alpha value is -1.10. The van der Waals surface area contributed by atoms with Crippen LogP contribution in [-0.2, 0) is 19.6 Å². The molecule has 2 aromatic heterocycles. The Morgan fingerprint density at radius 1 is 1.15 bits per heavy atom. The van der Waals surface area contributed by atoms with E-state index in [1.165, 1.54) is 16.2 Å². The number of hydrogen-bond donors (Lipinski definition) is 1. The van der Waals surface area contributed by atoms with E-state index in [9.17, 15) is 0 Å². The fraction of sp³-hybridized carbons (Fsp3) is 0.500. The van der Waals surface area contributed by atoms with E-state index in [1.54, 1.807) is 6.26 Å². The van der Waals surface area contributed by atoms with Crippen LogP contribution in [0.3, 0.4) is 0 Å². The van der Waals surface area contributed by atoms with Gasteiger partial charge in [0.2, 0.25) is 0 Å². The molecular weight excluding hydrogens is 268 g/mol. The number of thiophene rings is 1. The van der Waals surface area contributed by atoms with E-state index in [0.717, 1.165) is 38.5 Å². The van der Waals surface area contributed by atoms with Crippen molar-refractivity contribution in [2.24, 2.45) is 0 Å². The van der Waals surface area contributed by atoms with Crippen LogP contribution in [0.5, 0.6) is 0 Å². The van der Waals surface area contributed by atoms with E-state index in [4.69, 9.17) is 4.42 Å². The van der Waals surface area contributed by atoms with E-state index in [0.29, 0.717) is 0 Å². The lowest BCUT2D eigenvalue weighted by atomic mass is 10.3. The Labute approximate surface area is 125 Å². The van der Waals surface area contributed by atoms with Gasteiger partial charge in [-0.15, -0.1) is 11.3 Å². The third-order valence-electron chi connectivity index (χ3n) is 3.23. The number of nitrogens with one attached hydrogen (secondary N) is 1. The maximum atomic E-state index is 5.43. The van der Waals surface area contributed by atoms with Crippen LogP contribution < -0.4 is 5.32 Å². The number of furan rings is 1. The summed E-state index contributed by atoms with van der Waals surface area (Å²) in [7, 11) is 0. The Balaban J connectivity index is 1.84. The van der Waals surface area contributed by atoms with Crippen molar-refractivity contribution in [3.63, 3.8) is 0 Å². The third-order valence-corrected chi connectivity index (χ3v) is 4.30. The topological polar surface area (TPSA) is 28.4 Å². The number of nitrogens with zero attached hydrogens (tertiary/aromatic N) is 1. The molecule has 110 valence electrons. The first-order valence-corrected chi connectivity index (χ1v) is 8.16. The summed E-state index contributed by atoms with van der Waals surface area (Å²) in [5.41, 5.74) is 0. The Kier molecular flexibility index (Phi) is 6.30. The van der Waals surface area contributed by atoms with Gasteiger partial charge in [0.05, 0.1) is 12.8 Å². The molecule has 3 nitrogen and oxygen atoms in total. The van der Waals surface area contributed by atoms with E-state index in [2.05, 4.69) is 36.2 Å². The average molecular weight is 292 g/mol. The standard InChI is InChI=1S/C16H24N2OS/c1-3-9-17-11-15-7-8-16(20-15)13-18(4-2)12-14-6-5-10-19-14/h5-8,10,17H,3-4,9,11-13H2,1-2H3. The smallest absolute Gasteiger partial charge is 0.117 e.